The molecule has 2 atom stereocenters. The fourth-order valence-corrected chi connectivity index (χ4v) is 2.08. The van der Waals surface area contributed by atoms with Gasteiger partial charge in [-0.1, -0.05) is 13.3 Å². The Morgan fingerprint density at radius 1 is 1.60 bits per heavy atom. The number of nitrogens with two attached hydrogens (primary N) is 1. The summed E-state index contributed by atoms with van der Waals surface area (Å²) in [5, 5.41) is 0. The molecule has 1 fully saturated rings. The lowest BCUT2D eigenvalue weighted by Crippen LogP contribution is -2.23. The van der Waals surface area contributed by atoms with Gasteiger partial charge in [-0.2, -0.15) is 0 Å². The van der Waals surface area contributed by atoms with Gasteiger partial charge in [-0.25, -0.2) is 9.97 Å². The van der Waals surface area contributed by atoms with Crippen LogP contribution in [0.2, 0.25) is 0 Å². The topological polar surface area (TPSA) is 61.0 Å². The summed E-state index contributed by atoms with van der Waals surface area (Å²) in [7, 11) is 1.60. The molecular weight excluding hydrogens is 190 g/mol. The van der Waals surface area contributed by atoms with Crippen molar-refractivity contribution in [3.63, 3.8) is 0 Å². The number of rotatable bonds is 4. The van der Waals surface area contributed by atoms with Crippen LogP contribution in [-0.2, 0) is 5.54 Å². The molecule has 0 saturated heterocycles. The predicted molar refractivity (Wildman–Crippen MR) is 57.5 cm³/mol. The quantitative estimate of drug-likeness (QED) is 0.812. The molecule has 1 aliphatic carbocycles. The van der Waals surface area contributed by atoms with Crippen LogP contribution in [0.3, 0.4) is 0 Å². The third-order valence-corrected chi connectivity index (χ3v) is 3.12. The summed E-state index contributed by atoms with van der Waals surface area (Å²) in [6, 6.07) is 1.84. The van der Waals surface area contributed by atoms with E-state index >= 15 is 0 Å². The van der Waals surface area contributed by atoms with E-state index in [4.69, 9.17) is 10.5 Å². The van der Waals surface area contributed by atoms with E-state index in [0.717, 1.165) is 12.1 Å². The van der Waals surface area contributed by atoms with Crippen molar-refractivity contribution in [1.29, 1.82) is 0 Å². The Labute approximate surface area is 89.9 Å². The molecule has 15 heavy (non-hydrogen) atoms. The highest BCUT2D eigenvalue weighted by molar-refractivity contribution is 5.28. The maximum Gasteiger partial charge on any atom is 0.216 e. The largest absolute Gasteiger partial charge is 0.481 e. The van der Waals surface area contributed by atoms with Crippen molar-refractivity contribution in [3.8, 4) is 5.88 Å². The minimum absolute atomic E-state index is 0.230. The first-order chi connectivity index (χ1) is 7.20. The fraction of sp³-hybridized carbons (Fsp3) is 0.636. The van der Waals surface area contributed by atoms with Gasteiger partial charge in [-0.15, -0.1) is 0 Å². The number of ether oxygens (including phenoxy) is 1. The van der Waals surface area contributed by atoms with Crippen LogP contribution in [0, 0.1) is 5.92 Å². The van der Waals surface area contributed by atoms with E-state index in [1.807, 2.05) is 6.07 Å². The van der Waals surface area contributed by atoms with E-state index in [-0.39, 0.29) is 5.54 Å². The molecule has 1 aliphatic rings. The first kappa shape index (κ1) is 10.4. The molecular formula is C11H17N3O. The molecule has 0 bridgehead atoms. The first-order valence-electron chi connectivity index (χ1n) is 5.36. The van der Waals surface area contributed by atoms with Crippen LogP contribution in [0.25, 0.3) is 0 Å². The zero-order valence-corrected chi connectivity index (χ0v) is 9.23. The summed E-state index contributed by atoms with van der Waals surface area (Å²) >= 11 is 0. The van der Waals surface area contributed by atoms with Crippen LogP contribution in [0.5, 0.6) is 5.88 Å². The van der Waals surface area contributed by atoms with Crippen LogP contribution < -0.4 is 10.5 Å². The number of nitrogens with zero attached hydrogens (tertiary/aromatic N) is 2. The molecule has 0 aromatic carbocycles. The van der Waals surface area contributed by atoms with Gasteiger partial charge in [0.15, 0.2) is 0 Å². The number of aromatic nitrogens is 2. The normalized spacial score (nSPS) is 28.9. The Morgan fingerprint density at radius 3 is 3.07 bits per heavy atom. The van der Waals surface area contributed by atoms with Gasteiger partial charge < -0.3 is 10.5 Å². The van der Waals surface area contributed by atoms with Crippen molar-refractivity contribution >= 4 is 0 Å². The van der Waals surface area contributed by atoms with Crippen molar-refractivity contribution in [2.45, 2.75) is 31.7 Å². The average Bonchev–Trinajstić information content (AvgIpc) is 2.92. The fourth-order valence-electron chi connectivity index (χ4n) is 2.08. The highest BCUT2D eigenvalue weighted by atomic mass is 16.5. The lowest BCUT2D eigenvalue weighted by molar-refractivity contribution is 0.394. The van der Waals surface area contributed by atoms with Crippen LogP contribution >= 0.6 is 0 Å². The molecule has 2 N–H and O–H groups in total. The Bertz CT molecular complexity index is 355. The minimum Gasteiger partial charge on any atom is -0.481 e. The summed E-state index contributed by atoms with van der Waals surface area (Å²) in [6.45, 7) is 2.18. The van der Waals surface area contributed by atoms with E-state index in [1.54, 1.807) is 7.11 Å². The van der Waals surface area contributed by atoms with Crippen molar-refractivity contribution < 1.29 is 4.74 Å². The molecule has 0 amide bonds. The van der Waals surface area contributed by atoms with Crippen molar-refractivity contribution in [2.75, 3.05) is 7.11 Å². The second-order valence-electron chi connectivity index (χ2n) is 4.18. The maximum absolute atomic E-state index is 6.28. The first-order valence-corrected chi connectivity index (χ1v) is 5.36. The third kappa shape index (κ3) is 1.81. The molecule has 4 nitrogen and oxygen atoms in total. The monoisotopic (exact) mass is 207 g/mol. The van der Waals surface area contributed by atoms with Crippen molar-refractivity contribution in [2.24, 2.45) is 11.7 Å². The van der Waals surface area contributed by atoms with Crippen LogP contribution in [-0.4, -0.2) is 17.1 Å². The van der Waals surface area contributed by atoms with Crippen molar-refractivity contribution in [1.82, 2.24) is 9.97 Å². The summed E-state index contributed by atoms with van der Waals surface area (Å²) < 4.78 is 5.07. The van der Waals surface area contributed by atoms with Gasteiger partial charge in [-0.3, -0.25) is 0 Å². The van der Waals surface area contributed by atoms with Gasteiger partial charge in [0.1, 0.15) is 6.33 Å². The molecule has 1 heterocycles. The smallest absolute Gasteiger partial charge is 0.216 e. The van der Waals surface area contributed by atoms with Gasteiger partial charge in [-0.05, 0) is 18.8 Å². The minimum atomic E-state index is -0.230. The molecule has 0 aliphatic heterocycles. The van der Waals surface area contributed by atoms with Crippen LogP contribution in [0.4, 0.5) is 0 Å². The maximum atomic E-state index is 6.28. The van der Waals surface area contributed by atoms with E-state index in [1.165, 1.54) is 19.2 Å². The molecule has 82 valence electrons. The Balaban J connectivity index is 2.16. The van der Waals surface area contributed by atoms with E-state index in [2.05, 4.69) is 16.9 Å². The molecule has 2 unspecified atom stereocenters. The second-order valence-corrected chi connectivity index (χ2v) is 4.18. The van der Waals surface area contributed by atoms with Crippen molar-refractivity contribution in [3.05, 3.63) is 18.1 Å². The molecule has 1 saturated carbocycles. The zero-order valence-electron chi connectivity index (χ0n) is 9.23. The number of hydrogen-bond acceptors (Lipinski definition) is 4. The average molecular weight is 207 g/mol. The summed E-state index contributed by atoms with van der Waals surface area (Å²) in [4.78, 5) is 8.22. The third-order valence-electron chi connectivity index (χ3n) is 3.12. The highest BCUT2D eigenvalue weighted by Gasteiger charge is 2.52. The summed E-state index contributed by atoms with van der Waals surface area (Å²) in [5.74, 6) is 1.16. The molecule has 1 aromatic heterocycles. The van der Waals surface area contributed by atoms with Gasteiger partial charge in [0.25, 0.3) is 0 Å². The summed E-state index contributed by atoms with van der Waals surface area (Å²) in [5.41, 5.74) is 6.96. The standard InChI is InChI=1S/C11H17N3O/c1-3-4-8-6-11(8,12)9-5-10(15-2)14-7-13-9/h5,7-8H,3-4,6,12H2,1-2H3. The molecule has 0 spiro atoms. The Morgan fingerprint density at radius 2 is 2.40 bits per heavy atom. The molecule has 2 rings (SSSR count). The van der Waals surface area contributed by atoms with E-state index < -0.39 is 0 Å². The van der Waals surface area contributed by atoms with E-state index in [9.17, 15) is 0 Å². The summed E-state index contributed by atoms with van der Waals surface area (Å²) in [6.07, 6.45) is 4.89. The zero-order chi connectivity index (χ0) is 10.9. The van der Waals surface area contributed by atoms with E-state index in [0.29, 0.717) is 11.8 Å². The molecule has 1 aromatic rings. The van der Waals surface area contributed by atoms with Crippen LogP contribution in [0.1, 0.15) is 31.9 Å². The van der Waals surface area contributed by atoms with Gasteiger partial charge in [0, 0.05) is 6.07 Å². The van der Waals surface area contributed by atoms with Crippen LogP contribution in [0.15, 0.2) is 12.4 Å². The lowest BCUT2D eigenvalue weighted by Gasteiger charge is -2.11. The molecule has 0 radical (unpaired) electrons. The number of hydrogen-bond donors (Lipinski definition) is 1. The highest BCUT2D eigenvalue weighted by Crippen LogP contribution is 2.51. The SMILES string of the molecule is CCCC1CC1(N)c1cc(OC)ncn1. The number of methoxy groups -OCH3 is 1. The predicted octanol–water partition coefficient (Wildman–Crippen LogP) is 1.46. The van der Waals surface area contributed by atoms with Gasteiger partial charge in [0.2, 0.25) is 5.88 Å². The lowest BCUT2D eigenvalue weighted by atomic mass is 10.1. The van der Waals surface area contributed by atoms with Gasteiger partial charge >= 0.3 is 0 Å². The van der Waals surface area contributed by atoms with Gasteiger partial charge in [0.05, 0.1) is 18.3 Å². The Kier molecular flexibility index (Phi) is 2.61. The second kappa shape index (κ2) is 3.77. The Hall–Kier alpha value is -1.16. The molecule has 4 heteroatoms.